The largest absolute Gasteiger partial charge is 0.495 e. The second-order valence-corrected chi connectivity index (χ2v) is 8.36. The van der Waals surface area contributed by atoms with E-state index in [0.717, 1.165) is 10.8 Å². The third-order valence-electron chi connectivity index (χ3n) is 5.56. The molecule has 11 heteroatoms. The monoisotopic (exact) mass is 527 g/mol. The molecule has 0 aliphatic carbocycles. The molecular weight excluding hydrogens is 506 g/mol. The fraction of sp³-hybridized carbons (Fsp3) is 0.0741. The molecule has 5 rings (SSSR count). The number of methoxy groups -OCH3 is 1. The van der Waals surface area contributed by atoms with Crippen LogP contribution in [0.25, 0.3) is 22.2 Å². The fourth-order valence-electron chi connectivity index (χ4n) is 3.82. The molecule has 0 aliphatic rings. The number of urea groups is 1. The number of carbonyl (C=O) groups excluding carboxylic acids is 1. The maximum absolute atomic E-state index is 12.8. The Labute approximate surface area is 223 Å². The SMILES string of the molecule is CNc1ncnc(-c2cccnc2Oc2ccc(NC(=O)Nc3cc(Cl)ccc3OC)c3ccccc23)n1. The predicted octanol–water partition coefficient (Wildman–Crippen LogP) is 6.23. The van der Waals surface area contributed by atoms with Crippen LogP contribution in [0.1, 0.15) is 0 Å². The number of fused-ring (bicyclic) bond motifs is 1. The van der Waals surface area contributed by atoms with E-state index in [9.17, 15) is 4.79 Å². The summed E-state index contributed by atoms with van der Waals surface area (Å²) in [5.41, 5.74) is 1.64. The first-order valence-electron chi connectivity index (χ1n) is 11.5. The highest BCUT2D eigenvalue weighted by Gasteiger charge is 2.16. The van der Waals surface area contributed by atoms with Crippen LogP contribution in [-0.4, -0.2) is 40.1 Å². The molecule has 0 aliphatic heterocycles. The molecule has 0 spiro atoms. The molecule has 3 N–H and O–H groups in total. The highest BCUT2D eigenvalue weighted by molar-refractivity contribution is 6.31. The van der Waals surface area contributed by atoms with Crippen molar-refractivity contribution in [3.8, 4) is 28.8 Å². The lowest BCUT2D eigenvalue weighted by Crippen LogP contribution is -2.20. The van der Waals surface area contributed by atoms with E-state index in [-0.39, 0.29) is 0 Å². The highest BCUT2D eigenvalue weighted by Crippen LogP contribution is 2.37. The summed E-state index contributed by atoms with van der Waals surface area (Å²) in [6.45, 7) is 0. The van der Waals surface area contributed by atoms with Gasteiger partial charge in [-0.15, -0.1) is 0 Å². The summed E-state index contributed by atoms with van der Waals surface area (Å²) in [5, 5.41) is 10.6. The summed E-state index contributed by atoms with van der Waals surface area (Å²) in [4.78, 5) is 30.0. The van der Waals surface area contributed by atoms with Gasteiger partial charge in [0.2, 0.25) is 11.8 Å². The molecular formula is C27H22ClN7O3. The van der Waals surface area contributed by atoms with E-state index in [0.29, 0.717) is 51.1 Å². The number of aromatic nitrogens is 4. The zero-order valence-electron chi connectivity index (χ0n) is 20.4. The van der Waals surface area contributed by atoms with Gasteiger partial charge in [0.15, 0.2) is 5.82 Å². The minimum atomic E-state index is -0.452. The number of hydrogen-bond donors (Lipinski definition) is 3. The number of nitrogens with zero attached hydrogens (tertiary/aromatic N) is 4. The summed E-state index contributed by atoms with van der Waals surface area (Å²) in [7, 11) is 3.25. The minimum Gasteiger partial charge on any atom is -0.495 e. The highest BCUT2D eigenvalue weighted by atomic mass is 35.5. The van der Waals surface area contributed by atoms with Gasteiger partial charge >= 0.3 is 6.03 Å². The van der Waals surface area contributed by atoms with Gasteiger partial charge in [-0.2, -0.15) is 4.98 Å². The average Bonchev–Trinajstić information content (AvgIpc) is 2.95. The first-order valence-corrected chi connectivity index (χ1v) is 11.9. The molecule has 38 heavy (non-hydrogen) atoms. The third-order valence-corrected chi connectivity index (χ3v) is 5.79. The normalized spacial score (nSPS) is 10.6. The summed E-state index contributed by atoms with van der Waals surface area (Å²) in [6, 6.07) is 19.2. The number of anilines is 3. The van der Waals surface area contributed by atoms with Crippen molar-refractivity contribution in [1.82, 2.24) is 19.9 Å². The van der Waals surface area contributed by atoms with Crippen LogP contribution >= 0.6 is 11.6 Å². The number of nitrogens with one attached hydrogen (secondary N) is 3. The lowest BCUT2D eigenvalue weighted by Gasteiger charge is -2.15. The molecule has 0 atom stereocenters. The maximum Gasteiger partial charge on any atom is 0.323 e. The van der Waals surface area contributed by atoms with Gasteiger partial charge in [0.05, 0.1) is 24.0 Å². The van der Waals surface area contributed by atoms with E-state index in [1.807, 2.05) is 30.3 Å². The van der Waals surface area contributed by atoms with Crippen LogP contribution in [-0.2, 0) is 0 Å². The van der Waals surface area contributed by atoms with E-state index in [2.05, 4.69) is 35.9 Å². The van der Waals surface area contributed by atoms with Gasteiger partial charge in [0.1, 0.15) is 17.8 Å². The lowest BCUT2D eigenvalue weighted by molar-refractivity contribution is 0.262. The molecule has 3 aromatic carbocycles. The zero-order chi connectivity index (χ0) is 26.5. The molecule has 0 fully saturated rings. The standard InChI is InChI=1S/C27H22ClN7O3/c1-29-26-32-15-31-24(35-26)19-8-5-13-30-25(19)38-22-12-10-20(17-6-3-4-7-18(17)22)33-27(36)34-21-14-16(28)9-11-23(21)37-2/h3-15H,1-2H3,(H2,33,34,36)(H,29,31,32,35). The van der Waals surface area contributed by atoms with Crippen molar-refractivity contribution in [3.05, 3.63) is 84.3 Å². The van der Waals surface area contributed by atoms with Crippen molar-refractivity contribution >= 4 is 45.7 Å². The van der Waals surface area contributed by atoms with Gasteiger partial charge < -0.3 is 25.4 Å². The van der Waals surface area contributed by atoms with E-state index in [4.69, 9.17) is 21.1 Å². The van der Waals surface area contributed by atoms with E-state index >= 15 is 0 Å². The summed E-state index contributed by atoms with van der Waals surface area (Å²) in [6.07, 6.45) is 3.05. The average molecular weight is 528 g/mol. The van der Waals surface area contributed by atoms with Gasteiger partial charge in [-0.05, 0) is 42.5 Å². The summed E-state index contributed by atoms with van der Waals surface area (Å²) in [5.74, 6) is 2.22. The molecule has 0 saturated heterocycles. The lowest BCUT2D eigenvalue weighted by atomic mass is 10.1. The Morgan fingerprint density at radius 1 is 0.868 bits per heavy atom. The molecule has 0 unspecified atom stereocenters. The molecule has 5 aromatic rings. The van der Waals surface area contributed by atoms with Crippen molar-refractivity contribution in [1.29, 1.82) is 0 Å². The van der Waals surface area contributed by atoms with Crippen LogP contribution in [0.15, 0.2) is 79.3 Å². The number of rotatable bonds is 7. The van der Waals surface area contributed by atoms with Crippen LogP contribution in [0, 0.1) is 0 Å². The number of ether oxygens (including phenoxy) is 2. The Kier molecular flexibility index (Phi) is 7.14. The molecule has 0 bridgehead atoms. The minimum absolute atomic E-state index is 0.331. The van der Waals surface area contributed by atoms with Crippen molar-refractivity contribution in [2.75, 3.05) is 30.1 Å². The number of halogens is 1. The van der Waals surface area contributed by atoms with Crippen molar-refractivity contribution in [2.45, 2.75) is 0 Å². The smallest absolute Gasteiger partial charge is 0.323 e. The van der Waals surface area contributed by atoms with E-state index < -0.39 is 6.03 Å². The Hall–Kier alpha value is -4.96. The molecule has 2 aromatic heterocycles. The van der Waals surface area contributed by atoms with Crippen molar-refractivity contribution in [3.63, 3.8) is 0 Å². The van der Waals surface area contributed by atoms with Crippen LogP contribution in [0.3, 0.4) is 0 Å². The zero-order valence-corrected chi connectivity index (χ0v) is 21.2. The van der Waals surface area contributed by atoms with Gasteiger partial charge in [0, 0.05) is 29.0 Å². The number of benzene rings is 3. The summed E-state index contributed by atoms with van der Waals surface area (Å²) >= 11 is 6.08. The molecule has 0 radical (unpaired) electrons. The molecule has 10 nitrogen and oxygen atoms in total. The Bertz CT molecular complexity index is 1630. The Morgan fingerprint density at radius 3 is 2.47 bits per heavy atom. The van der Waals surface area contributed by atoms with Crippen molar-refractivity contribution < 1.29 is 14.3 Å². The van der Waals surface area contributed by atoms with Gasteiger partial charge in [-0.3, -0.25) is 0 Å². The first-order chi connectivity index (χ1) is 18.6. The number of amides is 2. The second-order valence-electron chi connectivity index (χ2n) is 7.92. The molecule has 2 heterocycles. The topological polar surface area (TPSA) is 123 Å². The Balaban J connectivity index is 1.44. The molecule has 2 amide bonds. The van der Waals surface area contributed by atoms with Gasteiger partial charge in [-0.1, -0.05) is 35.9 Å². The number of pyridine rings is 1. The first kappa shape index (κ1) is 24.7. The summed E-state index contributed by atoms with van der Waals surface area (Å²) < 4.78 is 11.6. The van der Waals surface area contributed by atoms with Crippen LogP contribution in [0.5, 0.6) is 17.4 Å². The second kappa shape index (κ2) is 11.0. The fourth-order valence-corrected chi connectivity index (χ4v) is 3.99. The molecule has 0 saturated carbocycles. The van der Waals surface area contributed by atoms with Crippen LogP contribution in [0.2, 0.25) is 5.02 Å². The third kappa shape index (κ3) is 5.25. The molecule has 190 valence electrons. The quantitative estimate of drug-likeness (QED) is 0.228. The number of carbonyl (C=O) groups is 1. The van der Waals surface area contributed by atoms with Crippen molar-refractivity contribution in [2.24, 2.45) is 0 Å². The Morgan fingerprint density at radius 2 is 1.66 bits per heavy atom. The van der Waals surface area contributed by atoms with Crippen LogP contribution in [0.4, 0.5) is 22.1 Å². The van der Waals surface area contributed by atoms with Crippen LogP contribution < -0.4 is 25.4 Å². The van der Waals surface area contributed by atoms with E-state index in [1.54, 1.807) is 49.6 Å². The van der Waals surface area contributed by atoms with E-state index in [1.165, 1.54) is 13.4 Å². The number of hydrogen-bond acceptors (Lipinski definition) is 8. The van der Waals surface area contributed by atoms with Gasteiger partial charge in [-0.25, -0.2) is 19.7 Å². The van der Waals surface area contributed by atoms with Gasteiger partial charge in [0.25, 0.3) is 0 Å². The maximum atomic E-state index is 12.8. The predicted molar refractivity (Wildman–Crippen MR) is 147 cm³/mol.